The minimum atomic E-state index is -4.31. The second-order valence-corrected chi connectivity index (χ2v) is 14.2. The molecule has 0 aliphatic carbocycles. The van der Waals surface area contributed by atoms with Gasteiger partial charge in [-0.25, -0.2) is 17.2 Å². The van der Waals surface area contributed by atoms with Crippen LogP contribution in [0, 0.1) is 11.6 Å². The summed E-state index contributed by atoms with van der Waals surface area (Å²) >= 11 is 0. The van der Waals surface area contributed by atoms with Crippen molar-refractivity contribution in [1.29, 1.82) is 0 Å². The second kappa shape index (κ2) is 12.1. The molecule has 0 radical (unpaired) electrons. The van der Waals surface area contributed by atoms with Gasteiger partial charge in [-0.3, -0.25) is 9.89 Å². The van der Waals surface area contributed by atoms with E-state index in [2.05, 4.69) is 32.4 Å². The lowest BCUT2D eigenvalue weighted by Crippen LogP contribution is -2.44. The highest BCUT2D eigenvalue weighted by Gasteiger charge is 2.48. The molecule has 46 heavy (non-hydrogen) atoms. The molecule has 242 valence electrons. The maximum absolute atomic E-state index is 14.0. The van der Waals surface area contributed by atoms with E-state index in [0.717, 1.165) is 53.9 Å². The summed E-state index contributed by atoms with van der Waals surface area (Å²) in [6.45, 7) is 7.22. The van der Waals surface area contributed by atoms with Crippen molar-refractivity contribution in [3.8, 4) is 5.75 Å². The molecule has 3 N–H and O–H groups in total. The normalized spacial score (nSPS) is 16.8. The molecular weight excluding hydrogens is 614 g/mol. The molecule has 3 aromatic carbocycles. The first-order valence-corrected chi connectivity index (χ1v) is 16.4. The van der Waals surface area contributed by atoms with Crippen LogP contribution in [-0.2, 0) is 35.1 Å². The third-order valence-corrected chi connectivity index (χ3v) is 10.8. The number of carbonyl (C=O) groups is 1. The van der Waals surface area contributed by atoms with Crippen LogP contribution in [-0.4, -0.2) is 71.9 Å². The molecule has 0 amide bonds. The van der Waals surface area contributed by atoms with E-state index in [0.29, 0.717) is 40.8 Å². The molecule has 0 spiro atoms. The van der Waals surface area contributed by atoms with Gasteiger partial charge in [0.15, 0.2) is 5.78 Å². The number of H-pyrrole nitrogens is 1. The topological polar surface area (TPSA) is 122 Å². The standard InChI is InChI=1S/C33H36F2N6O4S/c1-33(2)32-28(20-41(33)46(44,45)26-15-22(34)14-23(35)16-26)30(37-38-32)18-31(43)27-9-6-24(40-12-10-39(3)11-13-40)17-29(27)36-19-21-4-7-25(42)8-5-21/h4-9,14-17,36,42H,10-13,18-20H2,1-3H3,(H,37,38). The number of nitrogens with zero attached hydrogens (tertiary/aromatic N) is 4. The average Bonchev–Trinajstić information content (AvgIpc) is 3.54. The van der Waals surface area contributed by atoms with Crippen molar-refractivity contribution in [1.82, 2.24) is 19.4 Å². The van der Waals surface area contributed by atoms with Crippen LogP contribution in [0.1, 0.15) is 46.7 Å². The molecule has 13 heteroatoms. The van der Waals surface area contributed by atoms with Crippen LogP contribution in [0.2, 0.25) is 0 Å². The number of fused-ring (bicyclic) bond motifs is 1. The number of rotatable bonds is 9. The highest BCUT2D eigenvalue weighted by atomic mass is 32.2. The van der Waals surface area contributed by atoms with E-state index < -0.39 is 32.1 Å². The summed E-state index contributed by atoms with van der Waals surface area (Å²) in [6, 6.07) is 14.8. The number of likely N-dealkylation sites (N-methyl/N-ethyl adjacent to an activating group) is 1. The van der Waals surface area contributed by atoms with Crippen molar-refractivity contribution in [3.05, 3.63) is 100 Å². The number of ketones is 1. The lowest BCUT2D eigenvalue weighted by atomic mass is 9.98. The van der Waals surface area contributed by atoms with Crippen LogP contribution >= 0.6 is 0 Å². The largest absolute Gasteiger partial charge is 0.508 e. The fraction of sp³-hybridized carbons (Fsp3) is 0.333. The van der Waals surface area contributed by atoms with E-state index in [1.807, 2.05) is 30.3 Å². The van der Waals surface area contributed by atoms with Crippen LogP contribution in [0.5, 0.6) is 5.75 Å². The highest BCUT2D eigenvalue weighted by molar-refractivity contribution is 7.89. The number of piperazine rings is 1. The number of benzene rings is 3. The molecule has 4 aromatic rings. The van der Waals surface area contributed by atoms with Crippen LogP contribution in [0.15, 0.2) is 65.6 Å². The molecular formula is C33H36F2N6O4S. The van der Waals surface area contributed by atoms with Gasteiger partial charge in [0, 0.05) is 73.5 Å². The zero-order chi connectivity index (χ0) is 32.8. The Morgan fingerprint density at radius 2 is 1.67 bits per heavy atom. The van der Waals surface area contributed by atoms with Gasteiger partial charge in [-0.2, -0.15) is 9.40 Å². The summed E-state index contributed by atoms with van der Waals surface area (Å²) in [7, 11) is -2.22. The predicted octanol–water partition coefficient (Wildman–Crippen LogP) is 4.62. The van der Waals surface area contributed by atoms with Gasteiger partial charge in [-0.1, -0.05) is 12.1 Å². The number of nitrogens with one attached hydrogen (secondary N) is 2. The van der Waals surface area contributed by atoms with Crippen LogP contribution in [0.3, 0.4) is 0 Å². The third-order valence-electron chi connectivity index (χ3n) is 8.81. The number of phenols is 1. The Bertz CT molecular complexity index is 1870. The van der Waals surface area contributed by atoms with Crippen molar-refractivity contribution < 1.29 is 27.1 Å². The van der Waals surface area contributed by atoms with Crippen molar-refractivity contribution >= 4 is 27.2 Å². The van der Waals surface area contributed by atoms with E-state index in [1.165, 1.54) is 0 Å². The summed E-state index contributed by atoms with van der Waals surface area (Å²) < 4.78 is 56.2. The van der Waals surface area contributed by atoms with Gasteiger partial charge in [0.25, 0.3) is 0 Å². The first-order chi connectivity index (χ1) is 21.8. The van der Waals surface area contributed by atoms with Crippen molar-refractivity contribution in [2.45, 2.75) is 43.8 Å². The van der Waals surface area contributed by atoms with Crippen LogP contribution < -0.4 is 10.2 Å². The zero-order valence-corrected chi connectivity index (χ0v) is 26.7. The van der Waals surface area contributed by atoms with Gasteiger partial charge in [-0.05, 0) is 68.9 Å². The van der Waals surface area contributed by atoms with E-state index >= 15 is 0 Å². The SMILES string of the molecule is CN1CCN(c2ccc(C(=O)Cc3[nH]nc4c3CN(S(=O)(=O)c3cc(F)cc(F)c3)C4(C)C)c(NCc3ccc(O)cc3)c2)CC1. The number of hydrogen-bond acceptors (Lipinski definition) is 8. The first kappa shape index (κ1) is 31.6. The fourth-order valence-corrected chi connectivity index (χ4v) is 7.89. The molecule has 10 nitrogen and oxygen atoms in total. The maximum atomic E-state index is 14.0. The molecule has 1 aromatic heterocycles. The van der Waals surface area contributed by atoms with Gasteiger partial charge < -0.3 is 20.2 Å². The van der Waals surface area contributed by atoms with Crippen LogP contribution in [0.4, 0.5) is 20.2 Å². The van der Waals surface area contributed by atoms with Gasteiger partial charge in [0.1, 0.15) is 17.4 Å². The Kier molecular flexibility index (Phi) is 8.34. The van der Waals surface area contributed by atoms with Gasteiger partial charge in [0.2, 0.25) is 10.0 Å². The molecule has 0 saturated carbocycles. The van der Waals surface area contributed by atoms with Crippen molar-refractivity contribution in [2.75, 3.05) is 43.4 Å². The number of aromatic nitrogens is 2. The third kappa shape index (κ3) is 6.09. The number of halogens is 2. The number of sulfonamides is 1. The molecule has 6 rings (SSSR count). The summed E-state index contributed by atoms with van der Waals surface area (Å²) in [5, 5.41) is 20.4. The number of carbonyl (C=O) groups excluding carboxylic acids is 1. The van der Waals surface area contributed by atoms with Gasteiger partial charge in [0.05, 0.1) is 22.5 Å². The van der Waals surface area contributed by atoms with Gasteiger partial charge in [-0.15, -0.1) is 0 Å². The zero-order valence-electron chi connectivity index (χ0n) is 25.8. The first-order valence-electron chi connectivity index (χ1n) is 15.0. The Morgan fingerprint density at radius 3 is 2.35 bits per heavy atom. The molecule has 0 atom stereocenters. The molecule has 3 heterocycles. The van der Waals surface area contributed by atoms with E-state index in [4.69, 9.17) is 0 Å². The Morgan fingerprint density at radius 1 is 1.00 bits per heavy atom. The van der Waals surface area contributed by atoms with E-state index in [1.54, 1.807) is 26.0 Å². The number of phenolic OH excluding ortho intramolecular Hbond substituents is 1. The summed E-state index contributed by atoms with van der Waals surface area (Å²) in [4.78, 5) is 18.0. The lowest BCUT2D eigenvalue weighted by Gasteiger charge is -2.34. The van der Waals surface area contributed by atoms with Crippen molar-refractivity contribution in [3.63, 3.8) is 0 Å². The number of Topliss-reactive ketones (excluding diaryl/α,β-unsaturated/α-hetero) is 1. The lowest BCUT2D eigenvalue weighted by molar-refractivity contribution is 0.0992. The monoisotopic (exact) mass is 650 g/mol. The molecule has 2 aliphatic rings. The predicted molar refractivity (Wildman–Crippen MR) is 170 cm³/mol. The van der Waals surface area contributed by atoms with E-state index in [-0.39, 0.29) is 24.5 Å². The molecule has 1 fully saturated rings. The second-order valence-electron chi connectivity index (χ2n) is 12.3. The quantitative estimate of drug-likeness (QED) is 0.225. The molecule has 2 aliphatic heterocycles. The number of aromatic amines is 1. The molecule has 1 saturated heterocycles. The number of hydrogen-bond donors (Lipinski definition) is 3. The number of anilines is 2. The minimum Gasteiger partial charge on any atom is -0.508 e. The smallest absolute Gasteiger partial charge is 0.244 e. The summed E-state index contributed by atoms with van der Waals surface area (Å²) in [6.07, 6.45) is -0.0668. The number of aromatic hydroxyl groups is 1. The Labute approximate surface area is 266 Å². The molecule has 0 bridgehead atoms. The fourth-order valence-electron chi connectivity index (χ4n) is 6.12. The Balaban J connectivity index is 1.27. The molecule has 0 unspecified atom stereocenters. The maximum Gasteiger partial charge on any atom is 0.244 e. The van der Waals surface area contributed by atoms with Crippen molar-refractivity contribution in [2.24, 2.45) is 0 Å². The summed E-state index contributed by atoms with van der Waals surface area (Å²) in [5.74, 6) is -2.01. The van der Waals surface area contributed by atoms with E-state index in [9.17, 15) is 27.1 Å². The highest BCUT2D eigenvalue weighted by Crippen LogP contribution is 2.43. The average molecular weight is 651 g/mol. The van der Waals surface area contributed by atoms with Crippen LogP contribution in [0.25, 0.3) is 0 Å². The summed E-state index contributed by atoms with van der Waals surface area (Å²) in [5.41, 5.74) is 3.39. The van der Waals surface area contributed by atoms with Gasteiger partial charge >= 0.3 is 0 Å². The Hall–Kier alpha value is -4.33. The minimum absolute atomic E-state index is 0.0668.